The Morgan fingerprint density at radius 2 is 2.20 bits per heavy atom. The number of nitrogens with zero attached hydrogens (tertiary/aromatic N) is 2. The van der Waals surface area contributed by atoms with Gasteiger partial charge in [-0.15, -0.1) is 6.58 Å². The molecule has 25 heavy (non-hydrogen) atoms. The number of unbranched alkanes of at least 4 members (excludes halogenated alkanes) is 1. The van der Waals surface area contributed by atoms with Crippen LogP contribution in [0, 0.1) is 0 Å². The van der Waals surface area contributed by atoms with Crippen LogP contribution >= 0.6 is 11.6 Å². The largest absolute Gasteiger partial charge is 0.333 e. The van der Waals surface area contributed by atoms with E-state index in [2.05, 4.69) is 18.8 Å². The van der Waals surface area contributed by atoms with Crippen LogP contribution in [0.15, 0.2) is 48.2 Å². The monoisotopic (exact) mass is 359 g/mol. The molecule has 0 saturated carbocycles. The molecule has 0 aliphatic carbocycles. The van der Waals surface area contributed by atoms with Gasteiger partial charge in [-0.05, 0) is 24.1 Å². The van der Waals surface area contributed by atoms with Crippen LogP contribution in [0.25, 0.3) is 0 Å². The van der Waals surface area contributed by atoms with E-state index in [-0.39, 0.29) is 11.9 Å². The molecule has 0 spiro atoms. The van der Waals surface area contributed by atoms with Crippen molar-refractivity contribution in [1.29, 1.82) is 0 Å². The zero-order valence-electron chi connectivity index (χ0n) is 14.3. The number of hydrogen-bond donors (Lipinski definition) is 1. The van der Waals surface area contributed by atoms with E-state index in [9.17, 15) is 9.59 Å². The summed E-state index contributed by atoms with van der Waals surface area (Å²) in [6.45, 7) is 7.35. The Morgan fingerprint density at radius 1 is 1.40 bits per heavy atom. The number of urea groups is 1. The van der Waals surface area contributed by atoms with Crippen molar-refractivity contribution in [3.8, 4) is 0 Å². The third-order valence-electron chi connectivity index (χ3n) is 4.57. The molecule has 1 unspecified atom stereocenters. The lowest BCUT2D eigenvalue weighted by Crippen LogP contribution is -2.47. The number of nitrogens with one attached hydrogen (secondary N) is 1. The molecule has 3 rings (SSSR count). The fourth-order valence-corrected chi connectivity index (χ4v) is 3.54. The summed E-state index contributed by atoms with van der Waals surface area (Å²) in [5.41, 5.74) is 2.23. The predicted molar refractivity (Wildman–Crippen MR) is 98.1 cm³/mol. The summed E-state index contributed by atoms with van der Waals surface area (Å²) in [6, 6.07) is 6.60. The van der Waals surface area contributed by atoms with Crippen molar-refractivity contribution in [3.05, 3.63) is 58.8 Å². The van der Waals surface area contributed by atoms with Crippen LogP contribution in [0.2, 0.25) is 5.02 Å². The normalized spacial score (nSPS) is 20.0. The Bertz CT molecular complexity index is 744. The molecule has 1 aromatic carbocycles. The van der Waals surface area contributed by atoms with Gasteiger partial charge in [0.15, 0.2) is 0 Å². The third-order valence-corrected chi connectivity index (χ3v) is 4.81. The molecule has 6 heteroatoms. The van der Waals surface area contributed by atoms with Crippen LogP contribution in [-0.4, -0.2) is 41.4 Å². The van der Waals surface area contributed by atoms with E-state index >= 15 is 0 Å². The zero-order valence-corrected chi connectivity index (χ0v) is 15.1. The molecule has 1 aromatic rings. The maximum atomic E-state index is 13.0. The van der Waals surface area contributed by atoms with Crippen LogP contribution in [0.4, 0.5) is 4.79 Å². The van der Waals surface area contributed by atoms with E-state index in [1.165, 1.54) is 0 Å². The van der Waals surface area contributed by atoms with Gasteiger partial charge in [0.25, 0.3) is 5.91 Å². The lowest BCUT2D eigenvalue weighted by molar-refractivity contribution is -0.125. The van der Waals surface area contributed by atoms with E-state index in [0.29, 0.717) is 30.2 Å². The van der Waals surface area contributed by atoms with E-state index in [1.807, 2.05) is 17.0 Å². The van der Waals surface area contributed by atoms with Crippen LogP contribution in [0.5, 0.6) is 0 Å². The van der Waals surface area contributed by atoms with Crippen molar-refractivity contribution in [3.63, 3.8) is 0 Å². The first-order valence-electron chi connectivity index (χ1n) is 8.53. The molecule has 2 aliphatic rings. The first kappa shape index (κ1) is 17.5. The number of carbonyl (C=O) groups excluding carboxylic acids is 2. The second-order valence-corrected chi connectivity index (χ2v) is 6.71. The number of carbonyl (C=O) groups is 2. The molecule has 2 aliphatic heterocycles. The lowest BCUT2D eigenvalue weighted by Gasteiger charge is -2.33. The Balaban J connectivity index is 2.01. The van der Waals surface area contributed by atoms with Gasteiger partial charge >= 0.3 is 6.03 Å². The van der Waals surface area contributed by atoms with Crippen LogP contribution in [0.3, 0.4) is 0 Å². The standard InChI is InChI=1S/C19H22ClN3O2/c1-3-5-10-22-12-15-16(18(22)24)17(13-7-6-8-14(20)11-13)21-19(25)23(15)9-4-2/h4,6-8,11,17H,2-3,5,9-10,12H2,1H3,(H,21,25). The highest BCUT2D eigenvalue weighted by atomic mass is 35.5. The zero-order chi connectivity index (χ0) is 18.0. The molecule has 132 valence electrons. The minimum atomic E-state index is -0.471. The molecule has 1 N–H and O–H groups in total. The van der Waals surface area contributed by atoms with Gasteiger partial charge in [0, 0.05) is 18.1 Å². The van der Waals surface area contributed by atoms with Gasteiger partial charge in [0.1, 0.15) is 0 Å². The minimum Gasteiger partial charge on any atom is -0.333 e. The molecule has 0 saturated heterocycles. The summed E-state index contributed by atoms with van der Waals surface area (Å²) in [5, 5.41) is 3.53. The SMILES string of the molecule is C=CCN1C(=O)NC(c2cccc(Cl)c2)C2=C1CN(CCCC)C2=O. The highest BCUT2D eigenvalue weighted by Crippen LogP contribution is 2.36. The molecule has 0 aromatic heterocycles. The number of benzene rings is 1. The van der Waals surface area contributed by atoms with Crippen LogP contribution in [-0.2, 0) is 4.79 Å². The van der Waals surface area contributed by atoms with E-state index < -0.39 is 6.04 Å². The predicted octanol–water partition coefficient (Wildman–Crippen LogP) is 3.49. The van der Waals surface area contributed by atoms with Crippen molar-refractivity contribution >= 4 is 23.5 Å². The van der Waals surface area contributed by atoms with Gasteiger partial charge in [0.2, 0.25) is 0 Å². The van der Waals surface area contributed by atoms with Gasteiger partial charge < -0.3 is 10.2 Å². The number of rotatable bonds is 6. The average molecular weight is 360 g/mol. The fourth-order valence-electron chi connectivity index (χ4n) is 3.34. The molecule has 0 fully saturated rings. The Labute approximate surface area is 152 Å². The Kier molecular flexibility index (Phi) is 5.13. The van der Waals surface area contributed by atoms with Crippen molar-refractivity contribution in [2.24, 2.45) is 0 Å². The van der Waals surface area contributed by atoms with E-state index in [0.717, 1.165) is 24.1 Å². The van der Waals surface area contributed by atoms with Crippen molar-refractivity contribution in [1.82, 2.24) is 15.1 Å². The van der Waals surface area contributed by atoms with Gasteiger partial charge in [-0.1, -0.05) is 43.2 Å². The second-order valence-electron chi connectivity index (χ2n) is 6.28. The van der Waals surface area contributed by atoms with Crippen molar-refractivity contribution in [2.45, 2.75) is 25.8 Å². The second kappa shape index (κ2) is 7.31. The topological polar surface area (TPSA) is 52.7 Å². The highest BCUT2D eigenvalue weighted by Gasteiger charge is 2.43. The molecule has 3 amide bonds. The van der Waals surface area contributed by atoms with Crippen LogP contribution in [0.1, 0.15) is 31.4 Å². The lowest BCUT2D eigenvalue weighted by atomic mass is 9.95. The highest BCUT2D eigenvalue weighted by molar-refractivity contribution is 6.30. The van der Waals surface area contributed by atoms with Crippen LogP contribution < -0.4 is 5.32 Å². The van der Waals surface area contributed by atoms with Gasteiger partial charge in [-0.2, -0.15) is 0 Å². The average Bonchev–Trinajstić information content (AvgIpc) is 2.92. The van der Waals surface area contributed by atoms with E-state index in [4.69, 9.17) is 11.6 Å². The maximum absolute atomic E-state index is 13.0. The summed E-state index contributed by atoms with van der Waals surface area (Å²) in [4.78, 5) is 29.0. The minimum absolute atomic E-state index is 0.0116. The molecular formula is C19H22ClN3O2. The first-order valence-corrected chi connectivity index (χ1v) is 8.91. The van der Waals surface area contributed by atoms with Gasteiger partial charge in [-0.25, -0.2) is 4.79 Å². The summed E-state index contributed by atoms with van der Waals surface area (Å²) < 4.78 is 0. The molecule has 2 heterocycles. The summed E-state index contributed by atoms with van der Waals surface area (Å²) in [5.74, 6) is -0.0116. The number of hydrogen-bond acceptors (Lipinski definition) is 2. The molecular weight excluding hydrogens is 338 g/mol. The van der Waals surface area contributed by atoms with Crippen molar-refractivity contribution < 1.29 is 9.59 Å². The number of amides is 3. The third kappa shape index (κ3) is 3.29. The Morgan fingerprint density at radius 3 is 2.88 bits per heavy atom. The number of halogens is 1. The smallest absolute Gasteiger partial charge is 0.322 e. The summed E-state index contributed by atoms with van der Waals surface area (Å²) in [7, 11) is 0. The quantitative estimate of drug-likeness (QED) is 0.790. The van der Waals surface area contributed by atoms with E-state index in [1.54, 1.807) is 23.1 Å². The molecule has 0 bridgehead atoms. The fraction of sp³-hybridized carbons (Fsp3) is 0.368. The van der Waals surface area contributed by atoms with Gasteiger partial charge in [0.05, 0.1) is 23.9 Å². The summed E-state index contributed by atoms with van der Waals surface area (Å²) in [6.07, 6.45) is 3.62. The molecule has 5 nitrogen and oxygen atoms in total. The van der Waals surface area contributed by atoms with Gasteiger partial charge in [-0.3, -0.25) is 9.69 Å². The molecule has 1 atom stereocenters. The Hall–Kier alpha value is -2.27. The maximum Gasteiger partial charge on any atom is 0.322 e. The van der Waals surface area contributed by atoms with Crippen molar-refractivity contribution in [2.75, 3.05) is 19.6 Å². The first-order chi connectivity index (χ1) is 12.1. The summed E-state index contributed by atoms with van der Waals surface area (Å²) >= 11 is 6.11. The molecule has 0 radical (unpaired) electrons.